The third-order valence-corrected chi connectivity index (χ3v) is 3.55. The largest absolute Gasteiger partial charge is 0.444 e. The molecule has 1 aliphatic heterocycles. The minimum atomic E-state index is -0.503. The number of carbonyl (C=O) groups excluding carboxylic acids is 1. The molecular formula is C21H35NO3. The lowest BCUT2D eigenvalue weighted by atomic mass is 9.86. The molecule has 0 bridgehead atoms. The van der Waals surface area contributed by atoms with Crippen LogP contribution in [0.15, 0.2) is 18.2 Å². The number of rotatable bonds is 2. The molecule has 1 heterocycles. The van der Waals surface area contributed by atoms with E-state index in [1.54, 1.807) is 0 Å². The van der Waals surface area contributed by atoms with Gasteiger partial charge in [0.1, 0.15) is 5.60 Å². The lowest BCUT2D eigenvalue weighted by Crippen LogP contribution is -2.38. The molecule has 1 amide bonds. The number of carbonyl (C=O) groups is 1. The van der Waals surface area contributed by atoms with Crippen molar-refractivity contribution in [1.29, 1.82) is 0 Å². The molecule has 1 aromatic rings. The highest BCUT2D eigenvalue weighted by molar-refractivity contribution is 5.68. The van der Waals surface area contributed by atoms with Gasteiger partial charge in [0, 0.05) is 0 Å². The number of hydrogen-bond donors (Lipinski definition) is 1. The first kappa shape index (κ1) is 21.5. The molecule has 0 fully saturated rings. The van der Waals surface area contributed by atoms with E-state index >= 15 is 0 Å². The third-order valence-electron chi connectivity index (χ3n) is 3.55. The first-order valence-corrected chi connectivity index (χ1v) is 9.22. The summed E-state index contributed by atoms with van der Waals surface area (Å²) in [6.07, 6.45) is 0.598. The van der Waals surface area contributed by atoms with Crippen LogP contribution in [0, 0.1) is 5.41 Å². The minimum absolute atomic E-state index is 0.159. The topological polar surface area (TPSA) is 47.6 Å². The highest BCUT2D eigenvalue weighted by Gasteiger charge is 2.26. The van der Waals surface area contributed by atoms with E-state index in [0.717, 1.165) is 17.5 Å². The van der Waals surface area contributed by atoms with Crippen molar-refractivity contribution < 1.29 is 14.3 Å². The zero-order chi connectivity index (χ0) is 19.3. The van der Waals surface area contributed by atoms with Crippen LogP contribution in [0.1, 0.15) is 78.1 Å². The van der Waals surface area contributed by atoms with Gasteiger partial charge < -0.3 is 14.8 Å². The van der Waals surface area contributed by atoms with Gasteiger partial charge in [-0.25, -0.2) is 4.79 Å². The van der Waals surface area contributed by atoms with Crippen LogP contribution in [0.25, 0.3) is 0 Å². The van der Waals surface area contributed by atoms with Crippen LogP contribution in [0.5, 0.6) is 0 Å². The second-order valence-electron chi connectivity index (χ2n) is 8.48. The molecule has 1 aliphatic rings. The minimum Gasteiger partial charge on any atom is -0.444 e. The molecule has 1 unspecified atom stereocenters. The molecule has 1 aromatic carbocycles. The van der Waals surface area contributed by atoms with E-state index < -0.39 is 11.7 Å². The van der Waals surface area contributed by atoms with Crippen molar-refractivity contribution in [3.63, 3.8) is 0 Å². The maximum absolute atomic E-state index is 12.1. The monoisotopic (exact) mass is 349 g/mol. The van der Waals surface area contributed by atoms with Gasteiger partial charge in [-0.1, -0.05) is 52.8 Å². The quantitative estimate of drug-likeness (QED) is 0.778. The molecule has 0 saturated heterocycles. The van der Waals surface area contributed by atoms with Gasteiger partial charge in [0.2, 0.25) is 0 Å². The van der Waals surface area contributed by atoms with E-state index in [9.17, 15) is 4.79 Å². The van der Waals surface area contributed by atoms with Crippen LogP contribution in [0.4, 0.5) is 4.79 Å². The highest BCUT2D eigenvalue weighted by atomic mass is 16.6. The van der Waals surface area contributed by atoms with Gasteiger partial charge in [-0.15, -0.1) is 0 Å². The van der Waals surface area contributed by atoms with E-state index in [1.165, 1.54) is 5.56 Å². The van der Waals surface area contributed by atoms with Gasteiger partial charge in [-0.05, 0) is 49.3 Å². The van der Waals surface area contributed by atoms with E-state index in [4.69, 9.17) is 9.47 Å². The van der Waals surface area contributed by atoms with Crippen LogP contribution in [0.2, 0.25) is 0 Å². The molecule has 0 spiro atoms. The Labute approximate surface area is 153 Å². The van der Waals surface area contributed by atoms with E-state index in [1.807, 2.05) is 34.6 Å². The Morgan fingerprint density at radius 2 is 1.84 bits per heavy atom. The van der Waals surface area contributed by atoms with Gasteiger partial charge >= 0.3 is 6.09 Å². The number of alkyl carbamates (subject to hydrolysis) is 1. The first-order chi connectivity index (χ1) is 11.5. The number of benzene rings is 1. The van der Waals surface area contributed by atoms with Gasteiger partial charge in [-0.2, -0.15) is 0 Å². The SMILES string of the molecule is CC.CC(C)(C)Cc1ccc2c(c1)C(NC(=O)OC(C)(C)C)COC2. The second kappa shape index (κ2) is 8.70. The molecule has 0 saturated carbocycles. The molecule has 1 N–H and O–H groups in total. The summed E-state index contributed by atoms with van der Waals surface area (Å²) >= 11 is 0. The second-order valence-corrected chi connectivity index (χ2v) is 8.48. The predicted molar refractivity (Wildman–Crippen MR) is 103 cm³/mol. The summed E-state index contributed by atoms with van der Waals surface area (Å²) in [5.74, 6) is 0. The Bertz CT molecular complexity index is 567. The van der Waals surface area contributed by atoms with Crippen LogP contribution in [-0.4, -0.2) is 18.3 Å². The van der Waals surface area contributed by atoms with Crippen LogP contribution in [-0.2, 0) is 22.5 Å². The van der Waals surface area contributed by atoms with Crippen molar-refractivity contribution in [1.82, 2.24) is 5.32 Å². The van der Waals surface area contributed by atoms with Crippen molar-refractivity contribution in [3.05, 3.63) is 34.9 Å². The van der Waals surface area contributed by atoms with E-state index in [0.29, 0.717) is 13.2 Å². The maximum atomic E-state index is 12.1. The zero-order valence-electron chi connectivity index (χ0n) is 17.2. The average molecular weight is 350 g/mol. The highest BCUT2D eigenvalue weighted by Crippen LogP contribution is 2.29. The fourth-order valence-corrected chi connectivity index (χ4v) is 2.77. The summed E-state index contributed by atoms with van der Waals surface area (Å²) in [5, 5.41) is 2.94. The predicted octanol–water partition coefficient (Wildman–Crippen LogP) is 5.40. The fraction of sp³-hybridized carbons (Fsp3) is 0.667. The van der Waals surface area contributed by atoms with Gasteiger partial charge in [-0.3, -0.25) is 0 Å². The van der Waals surface area contributed by atoms with Crippen LogP contribution in [0.3, 0.4) is 0 Å². The number of hydrogen-bond acceptors (Lipinski definition) is 3. The van der Waals surface area contributed by atoms with Gasteiger partial charge in [0.15, 0.2) is 0 Å². The summed E-state index contributed by atoms with van der Waals surface area (Å²) in [4.78, 5) is 12.1. The summed E-state index contributed by atoms with van der Waals surface area (Å²) in [6.45, 7) is 17.3. The van der Waals surface area contributed by atoms with Gasteiger partial charge in [0.25, 0.3) is 0 Å². The van der Waals surface area contributed by atoms with Crippen molar-refractivity contribution in [2.75, 3.05) is 6.61 Å². The summed E-state index contributed by atoms with van der Waals surface area (Å²) in [7, 11) is 0. The molecule has 4 heteroatoms. The first-order valence-electron chi connectivity index (χ1n) is 9.22. The summed E-state index contributed by atoms with van der Waals surface area (Å²) in [5.41, 5.74) is 3.29. The molecule has 0 radical (unpaired) electrons. The van der Waals surface area contributed by atoms with Crippen molar-refractivity contribution in [3.8, 4) is 0 Å². The Morgan fingerprint density at radius 1 is 1.20 bits per heavy atom. The smallest absolute Gasteiger partial charge is 0.408 e. The fourth-order valence-electron chi connectivity index (χ4n) is 2.77. The molecule has 25 heavy (non-hydrogen) atoms. The average Bonchev–Trinajstić information content (AvgIpc) is 2.46. The maximum Gasteiger partial charge on any atom is 0.408 e. The van der Waals surface area contributed by atoms with Gasteiger partial charge in [0.05, 0.1) is 19.3 Å². The Balaban J connectivity index is 0.00000151. The molecule has 4 nitrogen and oxygen atoms in total. The molecule has 0 aromatic heterocycles. The Morgan fingerprint density at radius 3 is 2.40 bits per heavy atom. The molecule has 0 aliphatic carbocycles. The standard InChI is InChI=1S/C19H29NO3.C2H6/c1-18(2,3)10-13-7-8-14-11-22-12-16(15(14)9-13)20-17(21)23-19(4,5)6;1-2/h7-9,16H,10-12H2,1-6H3,(H,20,21);1-2H3. The normalized spacial score (nSPS) is 17.0. The number of fused-ring (bicyclic) bond motifs is 1. The zero-order valence-corrected chi connectivity index (χ0v) is 17.2. The van der Waals surface area contributed by atoms with Crippen LogP contribution < -0.4 is 5.32 Å². The lowest BCUT2D eigenvalue weighted by molar-refractivity contribution is 0.0390. The summed E-state index contributed by atoms with van der Waals surface area (Å²) in [6, 6.07) is 6.31. The van der Waals surface area contributed by atoms with Crippen LogP contribution >= 0.6 is 0 Å². The molecular weight excluding hydrogens is 314 g/mol. The van der Waals surface area contributed by atoms with Crippen molar-refractivity contribution in [2.24, 2.45) is 5.41 Å². The molecule has 142 valence electrons. The van der Waals surface area contributed by atoms with E-state index in [-0.39, 0.29) is 11.5 Å². The third kappa shape index (κ3) is 7.47. The summed E-state index contributed by atoms with van der Waals surface area (Å²) < 4.78 is 11.0. The lowest BCUT2D eigenvalue weighted by Gasteiger charge is -2.29. The van der Waals surface area contributed by atoms with Crippen molar-refractivity contribution in [2.45, 2.75) is 80.1 Å². The Kier molecular flexibility index (Phi) is 7.48. The Hall–Kier alpha value is -1.55. The van der Waals surface area contributed by atoms with E-state index in [2.05, 4.69) is 44.3 Å². The van der Waals surface area contributed by atoms with Crippen molar-refractivity contribution >= 4 is 6.09 Å². The molecule has 2 rings (SSSR count). The number of nitrogens with one attached hydrogen (secondary N) is 1. The number of ether oxygens (including phenoxy) is 2. The molecule has 1 atom stereocenters. The number of amides is 1.